The van der Waals surface area contributed by atoms with Gasteiger partial charge in [-0.3, -0.25) is 39.1 Å². The number of imide groups is 2. The number of nitrogens with one attached hydrogen (secondary N) is 2. The fourth-order valence-electron chi connectivity index (χ4n) is 10.5. The highest BCUT2D eigenvalue weighted by atomic mass is 19.4. The first-order chi connectivity index (χ1) is 31.3. The summed E-state index contributed by atoms with van der Waals surface area (Å²) < 4.78 is 40.5. The number of hydrogen-bond acceptors (Lipinski definition) is 12. The summed E-state index contributed by atoms with van der Waals surface area (Å²) in [6.45, 7) is 10.5. The van der Waals surface area contributed by atoms with Crippen LogP contribution in [0.2, 0.25) is 0 Å². The number of alkyl halides is 3. The predicted octanol–water partition coefficient (Wildman–Crippen LogP) is 4.59. The van der Waals surface area contributed by atoms with Crippen LogP contribution in [0.1, 0.15) is 76.8 Å². The molecule has 2 atom stereocenters. The van der Waals surface area contributed by atoms with E-state index >= 15 is 0 Å². The Morgan fingerprint density at radius 3 is 2.05 bits per heavy atom. The first-order valence-corrected chi connectivity index (χ1v) is 22.7. The van der Waals surface area contributed by atoms with Crippen molar-refractivity contribution in [2.24, 2.45) is 17.8 Å². The summed E-state index contributed by atoms with van der Waals surface area (Å²) in [4.78, 5) is 80.8. The number of carbonyl (C=O) groups excluding carboxylic acids is 5. The number of piperazine rings is 1. The SMILES string of the molecule is N#Cc1ccc(N2CCC(C(=O)Nc3ccc(N4CCC(CN5CC[C@H](CN6CCN(c7ccc8c(c7)C(=O)N(C7CCC(=O)NC7=O)C8=O)CC6)C5)CC4)cn3)CC2)cc1C(F)(F)F. The number of hydrogen-bond donors (Lipinski definition) is 2. The van der Waals surface area contributed by atoms with Crippen molar-refractivity contribution < 1.29 is 37.1 Å². The van der Waals surface area contributed by atoms with Crippen molar-refractivity contribution in [3.63, 3.8) is 0 Å². The Bertz CT molecular complexity index is 2370. The number of rotatable bonds is 10. The van der Waals surface area contributed by atoms with Crippen molar-refractivity contribution in [3.8, 4) is 6.07 Å². The fourth-order valence-corrected chi connectivity index (χ4v) is 10.5. The van der Waals surface area contributed by atoms with Crippen LogP contribution >= 0.6 is 0 Å². The van der Waals surface area contributed by atoms with Crippen LogP contribution in [0.4, 0.5) is 36.1 Å². The molecule has 6 aliphatic heterocycles. The predicted molar refractivity (Wildman–Crippen MR) is 235 cm³/mol. The van der Waals surface area contributed by atoms with Crippen LogP contribution in [-0.2, 0) is 20.6 Å². The van der Waals surface area contributed by atoms with E-state index in [4.69, 9.17) is 5.26 Å². The molecule has 9 rings (SSSR count). The van der Waals surface area contributed by atoms with Crippen molar-refractivity contribution in [2.45, 2.75) is 57.2 Å². The molecule has 5 saturated heterocycles. The van der Waals surface area contributed by atoms with Gasteiger partial charge in [-0.05, 0) is 105 Å². The lowest BCUT2D eigenvalue weighted by molar-refractivity contribution is -0.138. The van der Waals surface area contributed by atoms with Crippen LogP contribution < -0.4 is 25.3 Å². The lowest BCUT2D eigenvalue weighted by Gasteiger charge is -2.37. The van der Waals surface area contributed by atoms with Gasteiger partial charge in [0.25, 0.3) is 11.8 Å². The van der Waals surface area contributed by atoms with Gasteiger partial charge < -0.3 is 24.9 Å². The molecular formula is C47H53F3N10O5. The summed E-state index contributed by atoms with van der Waals surface area (Å²) >= 11 is 0. The van der Waals surface area contributed by atoms with Crippen molar-refractivity contribution in [1.82, 2.24) is 25.0 Å². The molecule has 0 saturated carbocycles. The van der Waals surface area contributed by atoms with Gasteiger partial charge in [0.1, 0.15) is 11.9 Å². The number of benzene rings is 2. The van der Waals surface area contributed by atoms with Gasteiger partial charge >= 0.3 is 6.18 Å². The average Bonchev–Trinajstić information content (AvgIpc) is 3.85. The van der Waals surface area contributed by atoms with E-state index in [1.54, 1.807) is 24.4 Å². The Balaban J connectivity index is 0.673. The molecule has 18 heteroatoms. The number of nitrogens with zero attached hydrogens (tertiary/aromatic N) is 8. The molecule has 5 amide bonds. The molecular weight excluding hydrogens is 842 g/mol. The zero-order valence-electron chi connectivity index (χ0n) is 36.2. The number of likely N-dealkylation sites (tertiary alicyclic amines) is 1. The number of carbonyl (C=O) groups is 5. The number of piperidine rings is 3. The lowest BCUT2D eigenvalue weighted by atomic mass is 9.95. The van der Waals surface area contributed by atoms with Gasteiger partial charge in [0.05, 0.1) is 40.2 Å². The molecule has 1 aromatic heterocycles. The second-order valence-electron chi connectivity index (χ2n) is 18.3. The number of anilines is 4. The van der Waals surface area contributed by atoms with Gasteiger partial charge in [0.2, 0.25) is 17.7 Å². The Kier molecular flexibility index (Phi) is 12.5. The minimum Gasteiger partial charge on any atom is -0.371 e. The molecule has 15 nitrogen and oxygen atoms in total. The number of halogens is 3. The van der Waals surface area contributed by atoms with Crippen LogP contribution in [0.15, 0.2) is 54.7 Å². The Morgan fingerprint density at radius 2 is 1.35 bits per heavy atom. The summed E-state index contributed by atoms with van der Waals surface area (Å²) in [7, 11) is 0. The maximum atomic E-state index is 13.5. The third-order valence-corrected chi connectivity index (χ3v) is 14.2. The molecule has 342 valence electrons. The Hall–Kier alpha value is -6.06. The first kappa shape index (κ1) is 44.2. The number of pyridine rings is 1. The molecule has 2 aromatic carbocycles. The summed E-state index contributed by atoms with van der Waals surface area (Å²) in [6, 6.07) is 13.5. The monoisotopic (exact) mass is 894 g/mol. The highest BCUT2D eigenvalue weighted by molar-refractivity contribution is 6.23. The second-order valence-corrected chi connectivity index (χ2v) is 18.3. The molecule has 2 N–H and O–H groups in total. The summed E-state index contributed by atoms with van der Waals surface area (Å²) in [5.74, 6) is -0.708. The van der Waals surface area contributed by atoms with Gasteiger partial charge in [-0.15, -0.1) is 0 Å². The third kappa shape index (κ3) is 9.53. The molecule has 0 radical (unpaired) electrons. The maximum Gasteiger partial charge on any atom is 0.417 e. The van der Waals surface area contributed by atoms with Gasteiger partial charge in [-0.2, -0.15) is 18.4 Å². The van der Waals surface area contributed by atoms with E-state index in [1.807, 2.05) is 23.1 Å². The Morgan fingerprint density at radius 1 is 0.723 bits per heavy atom. The van der Waals surface area contributed by atoms with E-state index < -0.39 is 47.0 Å². The number of fused-ring (bicyclic) bond motifs is 1. The maximum absolute atomic E-state index is 13.5. The minimum atomic E-state index is -4.62. The standard InChI is InChI=1S/C47H53F3N10O5/c48-47(49,50)39-24-35(2-1-33(39)25-51)57-17-12-32(13-18-57)43(62)53-41-7-4-36(26-52-41)58-15-10-30(11-16-58)27-56-14-9-31(29-56)28-55-19-21-59(22-20-55)34-3-5-37-38(23-34)46(65)60(45(37)64)40-6-8-42(61)54-44(40)63/h1-5,7,23-24,26,30-32,40H,6,8-22,27-29H2,(H,52,53,62)(H,54,61,63)/t31-,40?/m1/s1. The fraction of sp³-hybridized carbons (Fsp3) is 0.511. The number of amides is 5. The largest absolute Gasteiger partial charge is 0.417 e. The normalized spacial score (nSPS) is 22.9. The molecule has 65 heavy (non-hydrogen) atoms. The van der Waals surface area contributed by atoms with E-state index in [-0.39, 0.29) is 24.7 Å². The number of nitriles is 1. The summed E-state index contributed by atoms with van der Waals surface area (Å²) in [6.07, 6.45) is 1.75. The van der Waals surface area contributed by atoms with Gasteiger partial charge in [0.15, 0.2) is 0 Å². The van der Waals surface area contributed by atoms with Crippen LogP contribution in [0.5, 0.6) is 0 Å². The quantitative estimate of drug-likeness (QED) is 0.273. The average molecular weight is 895 g/mol. The highest BCUT2D eigenvalue weighted by Gasteiger charge is 2.45. The van der Waals surface area contributed by atoms with Gasteiger partial charge in [-0.25, -0.2) is 4.98 Å². The van der Waals surface area contributed by atoms with E-state index in [0.29, 0.717) is 60.4 Å². The molecule has 0 bridgehead atoms. The zero-order valence-corrected chi connectivity index (χ0v) is 36.2. The van der Waals surface area contributed by atoms with E-state index in [9.17, 15) is 37.1 Å². The summed E-state index contributed by atoms with van der Waals surface area (Å²) in [5, 5.41) is 14.3. The third-order valence-electron chi connectivity index (χ3n) is 14.2. The van der Waals surface area contributed by atoms with Crippen LogP contribution in [0.3, 0.4) is 0 Å². The van der Waals surface area contributed by atoms with E-state index in [0.717, 1.165) is 101 Å². The molecule has 1 unspecified atom stereocenters. The Labute approximate surface area is 375 Å². The van der Waals surface area contributed by atoms with Crippen molar-refractivity contribution in [3.05, 3.63) is 77.0 Å². The summed E-state index contributed by atoms with van der Waals surface area (Å²) in [5.41, 5.74) is 1.54. The van der Waals surface area contributed by atoms with Crippen LogP contribution in [0.25, 0.3) is 0 Å². The molecule has 0 spiro atoms. The van der Waals surface area contributed by atoms with Crippen LogP contribution in [0, 0.1) is 29.1 Å². The van der Waals surface area contributed by atoms with Crippen molar-refractivity contribution in [1.29, 1.82) is 5.26 Å². The van der Waals surface area contributed by atoms with Crippen molar-refractivity contribution >= 4 is 52.4 Å². The zero-order chi connectivity index (χ0) is 45.4. The minimum absolute atomic E-state index is 0.0869. The van der Waals surface area contributed by atoms with Crippen molar-refractivity contribution in [2.75, 3.05) is 98.6 Å². The number of aromatic nitrogens is 1. The highest BCUT2D eigenvalue weighted by Crippen LogP contribution is 2.36. The topological polar surface area (TPSA) is 166 Å². The van der Waals surface area contributed by atoms with E-state index in [1.165, 1.54) is 18.6 Å². The molecule has 0 aliphatic carbocycles. The molecule has 7 heterocycles. The van der Waals surface area contributed by atoms with Gasteiger partial charge in [-0.1, -0.05) is 0 Å². The van der Waals surface area contributed by atoms with Gasteiger partial charge in [0, 0.05) is 95.7 Å². The van der Waals surface area contributed by atoms with E-state index in [2.05, 4.69) is 35.2 Å². The molecule has 5 fully saturated rings. The molecule has 3 aromatic rings. The smallest absolute Gasteiger partial charge is 0.371 e. The first-order valence-electron chi connectivity index (χ1n) is 22.7. The second kappa shape index (κ2) is 18.4. The van der Waals surface area contributed by atoms with Crippen LogP contribution in [-0.4, -0.2) is 134 Å². The molecule has 6 aliphatic rings. The lowest BCUT2D eigenvalue weighted by Crippen LogP contribution is -2.54.